The molecule has 0 aliphatic heterocycles. The van der Waals surface area contributed by atoms with E-state index >= 15 is 0 Å². The number of hydrogen-bond acceptors (Lipinski definition) is 4. The number of benzene rings is 1. The summed E-state index contributed by atoms with van der Waals surface area (Å²) in [7, 11) is 0. The topological polar surface area (TPSA) is 117 Å². The minimum absolute atomic E-state index is 0.157. The van der Waals surface area contributed by atoms with Crippen molar-refractivity contribution in [1.29, 1.82) is 0 Å². The lowest BCUT2D eigenvalue weighted by Crippen LogP contribution is -2.45. The molecule has 5 N–H and O–H groups in total. The molecule has 7 nitrogen and oxygen atoms in total. The van der Waals surface area contributed by atoms with Gasteiger partial charge in [0.1, 0.15) is 11.7 Å². The Kier molecular flexibility index (Phi) is 7.11. The number of nitrogens with two attached hydrogens (primary N) is 1. The van der Waals surface area contributed by atoms with Gasteiger partial charge in [0, 0.05) is 6.20 Å². The average Bonchev–Trinajstić information content (AvgIpc) is 2.62. The Morgan fingerprint density at radius 1 is 1.23 bits per heavy atom. The van der Waals surface area contributed by atoms with Gasteiger partial charge in [-0.1, -0.05) is 30.3 Å². The van der Waals surface area contributed by atoms with E-state index in [2.05, 4.69) is 15.6 Å². The van der Waals surface area contributed by atoms with E-state index in [0.717, 1.165) is 11.1 Å². The fourth-order valence-corrected chi connectivity index (χ4v) is 2.52. The minimum atomic E-state index is -0.755. The molecule has 1 aromatic carbocycles. The van der Waals surface area contributed by atoms with Crippen LogP contribution in [0.5, 0.6) is 0 Å². The maximum Gasteiger partial charge on any atom is 0.271 e. The first kappa shape index (κ1) is 19.4. The van der Waals surface area contributed by atoms with Crippen molar-refractivity contribution in [1.82, 2.24) is 10.3 Å². The van der Waals surface area contributed by atoms with Gasteiger partial charge >= 0.3 is 0 Å². The van der Waals surface area contributed by atoms with E-state index in [-0.39, 0.29) is 18.0 Å². The smallest absolute Gasteiger partial charge is 0.271 e. The van der Waals surface area contributed by atoms with Gasteiger partial charge in [-0.05, 0) is 43.5 Å². The fraction of sp³-hybridized carbons (Fsp3) is 0.316. The molecule has 0 aliphatic carbocycles. The second kappa shape index (κ2) is 9.53. The normalized spacial score (nSPS) is 11.6. The Morgan fingerprint density at radius 3 is 2.65 bits per heavy atom. The molecule has 0 saturated heterocycles. The highest BCUT2D eigenvalue weighted by Crippen LogP contribution is 2.06. The summed E-state index contributed by atoms with van der Waals surface area (Å²) in [6.07, 6.45) is 2.71. The number of H-pyrrole nitrogens is 1. The summed E-state index contributed by atoms with van der Waals surface area (Å²) in [4.78, 5) is 39.2. The van der Waals surface area contributed by atoms with Gasteiger partial charge in [-0.25, -0.2) is 0 Å². The van der Waals surface area contributed by atoms with Crippen molar-refractivity contribution >= 4 is 17.5 Å². The highest BCUT2D eigenvalue weighted by atomic mass is 16.2. The van der Waals surface area contributed by atoms with Crippen molar-refractivity contribution in [3.63, 3.8) is 0 Å². The molecule has 0 bridgehead atoms. The largest absolute Gasteiger partial charge is 0.344 e. The van der Waals surface area contributed by atoms with E-state index in [9.17, 15) is 14.4 Å². The van der Waals surface area contributed by atoms with Crippen LogP contribution in [0.2, 0.25) is 0 Å². The van der Waals surface area contributed by atoms with Crippen LogP contribution < -0.4 is 21.9 Å². The van der Waals surface area contributed by atoms with Crippen LogP contribution in [0.15, 0.2) is 47.4 Å². The number of aryl methyl sites for hydroxylation is 1. The Balaban J connectivity index is 2.05. The van der Waals surface area contributed by atoms with Crippen molar-refractivity contribution in [2.45, 2.75) is 32.2 Å². The summed E-state index contributed by atoms with van der Waals surface area (Å²) in [6.45, 7) is 2.21. The molecule has 1 heterocycles. The number of rotatable bonds is 8. The maximum absolute atomic E-state index is 12.6. The first-order valence-electron chi connectivity index (χ1n) is 8.53. The van der Waals surface area contributed by atoms with Crippen LogP contribution in [0.1, 0.15) is 24.0 Å². The Morgan fingerprint density at radius 2 is 1.96 bits per heavy atom. The molecule has 0 fully saturated rings. The molecule has 2 aromatic rings. The molecule has 7 heteroatoms. The molecule has 1 aromatic heterocycles. The van der Waals surface area contributed by atoms with Crippen molar-refractivity contribution in [2.75, 3.05) is 11.9 Å². The first-order valence-corrected chi connectivity index (χ1v) is 8.53. The molecule has 26 heavy (non-hydrogen) atoms. The molecule has 1 atom stereocenters. The summed E-state index contributed by atoms with van der Waals surface area (Å²) >= 11 is 0. The third-order valence-electron chi connectivity index (χ3n) is 3.86. The predicted octanol–water partition coefficient (Wildman–Crippen LogP) is 1.09. The van der Waals surface area contributed by atoms with Crippen LogP contribution in [0.4, 0.5) is 5.69 Å². The number of anilines is 1. The van der Waals surface area contributed by atoms with Gasteiger partial charge in [0.15, 0.2) is 0 Å². The second-order valence-corrected chi connectivity index (χ2v) is 6.12. The van der Waals surface area contributed by atoms with Crippen LogP contribution in [0.3, 0.4) is 0 Å². The highest BCUT2D eigenvalue weighted by Gasteiger charge is 2.21. The Hall–Kier alpha value is -2.93. The van der Waals surface area contributed by atoms with E-state index in [1.54, 1.807) is 19.2 Å². The highest BCUT2D eigenvalue weighted by molar-refractivity contribution is 5.97. The second-order valence-electron chi connectivity index (χ2n) is 6.12. The Bertz CT molecular complexity index is 802. The summed E-state index contributed by atoms with van der Waals surface area (Å²) in [5.74, 6) is -0.692. The monoisotopic (exact) mass is 356 g/mol. The zero-order valence-corrected chi connectivity index (χ0v) is 14.7. The fourth-order valence-electron chi connectivity index (χ4n) is 2.52. The summed E-state index contributed by atoms with van der Waals surface area (Å²) < 4.78 is 0. The molecule has 0 aliphatic rings. The number of amides is 2. The maximum atomic E-state index is 12.6. The van der Waals surface area contributed by atoms with Gasteiger partial charge in [0.2, 0.25) is 11.8 Å². The number of pyridine rings is 1. The van der Waals surface area contributed by atoms with Crippen LogP contribution in [-0.2, 0) is 16.0 Å². The van der Waals surface area contributed by atoms with Crippen molar-refractivity contribution in [3.05, 3.63) is 64.1 Å². The third-order valence-corrected chi connectivity index (χ3v) is 3.86. The van der Waals surface area contributed by atoms with Gasteiger partial charge in [-0.2, -0.15) is 0 Å². The van der Waals surface area contributed by atoms with Crippen LogP contribution in [-0.4, -0.2) is 29.4 Å². The molecule has 0 saturated carbocycles. The van der Waals surface area contributed by atoms with Crippen molar-refractivity contribution in [3.8, 4) is 0 Å². The van der Waals surface area contributed by atoms with E-state index in [0.29, 0.717) is 19.4 Å². The molecule has 0 radical (unpaired) electrons. The first-order chi connectivity index (χ1) is 12.5. The lowest BCUT2D eigenvalue weighted by Gasteiger charge is -2.18. The van der Waals surface area contributed by atoms with Crippen LogP contribution in [0.25, 0.3) is 0 Å². The van der Waals surface area contributed by atoms with Gasteiger partial charge in [0.25, 0.3) is 5.56 Å². The molecule has 2 amide bonds. The van der Waals surface area contributed by atoms with Crippen LogP contribution in [0, 0.1) is 6.92 Å². The zero-order chi connectivity index (χ0) is 18.9. The van der Waals surface area contributed by atoms with Gasteiger partial charge in [-0.15, -0.1) is 0 Å². The zero-order valence-electron chi connectivity index (χ0n) is 14.7. The minimum Gasteiger partial charge on any atom is -0.344 e. The van der Waals surface area contributed by atoms with E-state index in [4.69, 9.17) is 5.73 Å². The summed E-state index contributed by atoms with van der Waals surface area (Å²) in [5.41, 5.74) is 6.97. The molecular weight excluding hydrogens is 332 g/mol. The van der Waals surface area contributed by atoms with Crippen molar-refractivity contribution in [2.24, 2.45) is 5.73 Å². The number of carbonyl (C=O) groups excluding carboxylic acids is 2. The number of aromatic amines is 1. The van der Waals surface area contributed by atoms with Gasteiger partial charge < -0.3 is 21.4 Å². The lowest BCUT2D eigenvalue weighted by atomic mass is 10.1. The molecule has 2 rings (SSSR count). The number of hydrogen-bond donors (Lipinski definition) is 4. The predicted molar refractivity (Wildman–Crippen MR) is 101 cm³/mol. The number of aromatic nitrogens is 1. The van der Waals surface area contributed by atoms with E-state index in [1.807, 2.05) is 30.3 Å². The molecule has 138 valence electrons. The lowest BCUT2D eigenvalue weighted by molar-refractivity contribution is -0.126. The van der Waals surface area contributed by atoms with E-state index in [1.165, 1.54) is 0 Å². The van der Waals surface area contributed by atoms with E-state index < -0.39 is 17.5 Å². The van der Waals surface area contributed by atoms with Gasteiger partial charge in [-0.3, -0.25) is 14.4 Å². The molecule has 0 unspecified atom stereocenters. The molecule has 0 spiro atoms. The third kappa shape index (κ3) is 5.86. The Labute approximate surface area is 152 Å². The number of carbonyl (C=O) groups is 2. The summed E-state index contributed by atoms with van der Waals surface area (Å²) in [5, 5.41) is 5.33. The quantitative estimate of drug-likeness (QED) is 0.566. The number of nitrogens with one attached hydrogen (secondary N) is 3. The average molecular weight is 356 g/mol. The van der Waals surface area contributed by atoms with Crippen LogP contribution >= 0.6 is 0 Å². The summed E-state index contributed by atoms with van der Waals surface area (Å²) in [6, 6.07) is 10.1. The standard InChI is InChI=1S/C19H24N4O3/c1-13-10-16(18(25)21-12-13)23-19(26)15(8-5-9-20)22-17(24)11-14-6-3-2-4-7-14/h2-4,6-7,10,12,15H,5,8-9,11,20H2,1H3,(H,21,25)(H,22,24)(H,23,26)/t15-/m1/s1. The van der Waals surface area contributed by atoms with Crippen molar-refractivity contribution < 1.29 is 9.59 Å². The molecular formula is C19H24N4O3. The van der Waals surface area contributed by atoms with Gasteiger partial charge in [0.05, 0.1) is 6.42 Å². The SMILES string of the molecule is Cc1c[nH]c(=O)c(NC(=O)[C@@H](CCCN)NC(=O)Cc2ccccc2)c1.